The van der Waals surface area contributed by atoms with E-state index in [2.05, 4.69) is 10.0 Å². The molecule has 0 atom stereocenters. The van der Waals surface area contributed by atoms with Crippen LogP contribution in [0.5, 0.6) is 0 Å². The average Bonchev–Trinajstić information content (AvgIpc) is 3.15. The van der Waals surface area contributed by atoms with E-state index in [1.165, 1.54) is 12.8 Å². The highest BCUT2D eigenvalue weighted by molar-refractivity contribution is 7.92. The van der Waals surface area contributed by atoms with Gasteiger partial charge in [-0.25, -0.2) is 8.42 Å². The molecule has 2 rings (SSSR count). The number of hydrogen-bond acceptors (Lipinski definition) is 3. The normalized spacial score (nSPS) is 15.4. The molecule has 0 saturated heterocycles. The smallest absolute Gasteiger partial charge is 0.232 e. The van der Waals surface area contributed by atoms with Gasteiger partial charge in [0.05, 0.1) is 16.5 Å². The molecule has 19 heavy (non-hydrogen) atoms. The molecule has 6 heteroatoms. The molecule has 1 aromatic rings. The van der Waals surface area contributed by atoms with Crippen molar-refractivity contribution in [1.29, 1.82) is 0 Å². The molecule has 0 radical (unpaired) electrons. The molecule has 1 fully saturated rings. The van der Waals surface area contributed by atoms with Crippen LogP contribution >= 0.6 is 11.6 Å². The van der Waals surface area contributed by atoms with E-state index in [-0.39, 0.29) is 5.75 Å². The highest BCUT2D eigenvalue weighted by atomic mass is 35.5. The first-order valence-electron chi connectivity index (χ1n) is 6.55. The van der Waals surface area contributed by atoms with Gasteiger partial charge in [-0.05, 0) is 44.4 Å². The zero-order chi connectivity index (χ0) is 13.7. The van der Waals surface area contributed by atoms with Gasteiger partial charge in [-0.2, -0.15) is 0 Å². The van der Waals surface area contributed by atoms with Gasteiger partial charge in [-0.1, -0.05) is 23.7 Å². The van der Waals surface area contributed by atoms with Crippen molar-refractivity contribution in [2.75, 3.05) is 17.0 Å². The summed E-state index contributed by atoms with van der Waals surface area (Å²) in [4.78, 5) is 0. The van der Waals surface area contributed by atoms with Gasteiger partial charge in [-0.3, -0.25) is 4.72 Å². The molecule has 2 N–H and O–H groups in total. The van der Waals surface area contributed by atoms with E-state index in [0.717, 1.165) is 13.0 Å². The third-order valence-electron chi connectivity index (χ3n) is 2.99. The lowest BCUT2D eigenvalue weighted by molar-refractivity contribution is 0.591. The quantitative estimate of drug-likeness (QED) is 0.726. The van der Waals surface area contributed by atoms with Gasteiger partial charge in [-0.15, -0.1) is 0 Å². The van der Waals surface area contributed by atoms with Crippen LogP contribution in [0.4, 0.5) is 5.69 Å². The van der Waals surface area contributed by atoms with E-state index in [1.54, 1.807) is 24.3 Å². The molecule has 0 amide bonds. The van der Waals surface area contributed by atoms with Crippen molar-refractivity contribution in [3.8, 4) is 0 Å². The monoisotopic (exact) mass is 302 g/mol. The van der Waals surface area contributed by atoms with E-state index in [1.807, 2.05) is 0 Å². The predicted molar refractivity (Wildman–Crippen MR) is 79.1 cm³/mol. The number of halogens is 1. The first kappa shape index (κ1) is 14.6. The maximum absolute atomic E-state index is 11.9. The van der Waals surface area contributed by atoms with Crippen molar-refractivity contribution in [2.24, 2.45) is 0 Å². The minimum absolute atomic E-state index is 0.130. The zero-order valence-corrected chi connectivity index (χ0v) is 12.3. The Labute approximate surface area is 119 Å². The predicted octanol–water partition coefficient (Wildman–Crippen LogP) is 2.61. The Balaban J connectivity index is 1.73. The second-order valence-corrected chi connectivity index (χ2v) is 7.09. The first-order valence-corrected chi connectivity index (χ1v) is 8.58. The first-order chi connectivity index (χ1) is 9.07. The summed E-state index contributed by atoms with van der Waals surface area (Å²) >= 11 is 5.92. The van der Waals surface area contributed by atoms with Crippen LogP contribution in [0.3, 0.4) is 0 Å². The molecule has 1 aromatic carbocycles. The third-order valence-corrected chi connectivity index (χ3v) is 4.68. The molecular weight excluding hydrogens is 284 g/mol. The summed E-state index contributed by atoms with van der Waals surface area (Å²) in [6.45, 7) is 0.895. The maximum atomic E-state index is 11.9. The third kappa shape index (κ3) is 5.38. The van der Waals surface area contributed by atoms with Gasteiger partial charge in [0.25, 0.3) is 0 Å². The summed E-state index contributed by atoms with van der Waals surface area (Å²) in [5.74, 6) is 0.130. The Kier molecular flexibility index (Phi) is 5.07. The van der Waals surface area contributed by atoms with Crippen molar-refractivity contribution in [3.63, 3.8) is 0 Å². The van der Waals surface area contributed by atoms with Crippen molar-refractivity contribution in [1.82, 2.24) is 5.32 Å². The largest absolute Gasteiger partial charge is 0.314 e. The van der Waals surface area contributed by atoms with Crippen LogP contribution in [0, 0.1) is 0 Å². The van der Waals surface area contributed by atoms with Gasteiger partial charge in [0.15, 0.2) is 0 Å². The van der Waals surface area contributed by atoms with E-state index >= 15 is 0 Å². The van der Waals surface area contributed by atoms with Crippen molar-refractivity contribution < 1.29 is 8.42 Å². The summed E-state index contributed by atoms with van der Waals surface area (Å²) in [7, 11) is -3.30. The van der Waals surface area contributed by atoms with Crippen LogP contribution in [0.25, 0.3) is 0 Å². The molecule has 1 aliphatic carbocycles. The van der Waals surface area contributed by atoms with Crippen molar-refractivity contribution >= 4 is 27.3 Å². The Morgan fingerprint density at radius 2 is 1.95 bits per heavy atom. The second-order valence-electron chi connectivity index (χ2n) is 4.84. The number of para-hydroxylation sites is 1. The van der Waals surface area contributed by atoms with Gasteiger partial charge in [0.2, 0.25) is 10.0 Å². The topological polar surface area (TPSA) is 58.2 Å². The molecule has 0 spiro atoms. The number of sulfonamides is 1. The molecule has 0 unspecified atom stereocenters. The van der Waals surface area contributed by atoms with Gasteiger partial charge >= 0.3 is 0 Å². The lowest BCUT2D eigenvalue weighted by atomic mass is 10.3. The van der Waals surface area contributed by atoms with Gasteiger partial charge in [0.1, 0.15) is 0 Å². The molecule has 0 heterocycles. The molecule has 106 valence electrons. The fraction of sp³-hybridized carbons (Fsp3) is 0.538. The zero-order valence-electron chi connectivity index (χ0n) is 10.7. The highest BCUT2D eigenvalue weighted by Gasteiger charge is 2.19. The van der Waals surface area contributed by atoms with Crippen molar-refractivity contribution in [3.05, 3.63) is 29.3 Å². The summed E-state index contributed by atoms with van der Waals surface area (Å²) in [6.07, 6.45) is 4.04. The average molecular weight is 303 g/mol. The lowest BCUT2D eigenvalue weighted by Crippen LogP contribution is -2.20. The van der Waals surface area contributed by atoms with E-state index in [9.17, 15) is 8.42 Å². The van der Waals surface area contributed by atoms with Crippen LogP contribution in [0.2, 0.25) is 5.02 Å². The molecule has 0 bridgehead atoms. The second kappa shape index (κ2) is 6.59. The van der Waals surface area contributed by atoms with Gasteiger partial charge < -0.3 is 5.32 Å². The Bertz CT molecular complexity index is 515. The summed E-state index contributed by atoms with van der Waals surface area (Å²) < 4.78 is 26.3. The minimum Gasteiger partial charge on any atom is -0.314 e. The highest BCUT2D eigenvalue weighted by Crippen LogP contribution is 2.22. The van der Waals surface area contributed by atoms with Crippen molar-refractivity contribution in [2.45, 2.75) is 31.7 Å². The standard InChI is InChI=1S/C13H19ClN2O2S/c14-12-5-1-2-6-13(12)16-19(17,18)10-4-3-9-15-11-7-8-11/h1-2,5-6,11,15-16H,3-4,7-10H2. The molecule has 4 nitrogen and oxygen atoms in total. The molecule has 1 saturated carbocycles. The molecule has 1 aliphatic rings. The Hall–Kier alpha value is -0.780. The van der Waals surface area contributed by atoms with Crippen LogP contribution in [0.15, 0.2) is 24.3 Å². The number of hydrogen-bond donors (Lipinski definition) is 2. The van der Waals surface area contributed by atoms with Crippen LogP contribution in [0.1, 0.15) is 25.7 Å². The summed E-state index contributed by atoms with van der Waals surface area (Å²) in [5.41, 5.74) is 0.445. The number of benzene rings is 1. The van der Waals surface area contributed by atoms with Crippen LogP contribution in [-0.2, 0) is 10.0 Å². The minimum atomic E-state index is -3.30. The summed E-state index contributed by atoms with van der Waals surface area (Å²) in [5, 5.41) is 3.78. The van der Waals surface area contributed by atoms with E-state index in [4.69, 9.17) is 11.6 Å². The SMILES string of the molecule is O=S(=O)(CCCCNC1CC1)Nc1ccccc1Cl. The lowest BCUT2D eigenvalue weighted by Gasteiger charge is -2.09. The van der Waals surface area contributed by atoms with Gasteiger partial charge in [0, 0.05) is 6.04 Å². The number of nitrogens with one attached hydrogen (secondary N) is 2. The Morgan fingerprint density at radius 1 is 1.21 bits per heavy atom. The number of anilines is 1. The Morgan fingerprint density at radius 3 is 2.63 bits per heavy atom. The van der Waals surface area contributed by atoms with Crippen LogP contribution in [-0.4, -0.2) is 26.8 Å². The molecular formula is C13H19ClN2O2S. The fourth-order valence-corrected chi connectivity index (χ4v) is 3.21. The maximum Gasteiger partial charge on any atom is 0.232 e. The number of unbranched alkanes of at least 4 members (excludes halogenated alkanes) is 1. The number of rotatable bonds is 8. The van der Waals surface area contributed by atoms with Crippen LogP contribution < -0.4 is 10.0 Å². The fourth-order valence-electron chi connectivity index (χ4n) is 1.77. The summed E-state index contributed by atoms with van der Waals surface area (Å²) in [6, 6.07) is 7.53. The van der Waals surface area contributed by atoms with E-state index in [0.29, 0.717) is 23.2 Å². The van der Waals surface area contributed by atoms with E-state index < -0.39 is 10.0 Å². The molecule has 0 aromatic heterocycles. The molecule has 0 aliphatic heterocycles.